The van der Waals surface area contributed by atoms with Crippen LogP contribution in [-0.2, 0) is 14.8 Å². The summed E-state index contributed by atoms with van der Waals surface area (Å²) in [5, 5.41) is 2.60. The molecule has 1 amide bonds. The molecule has 1 fully saturated rings. The van der Waals surface area contributed by atoms with Gasteiger partial charge in [0.1, 0.15) is 0 Å². The van der Waals surface area contributed by atoms with E-state index in [1.807, 2.05) is 0 Å². The lowest BCUT2D eigenvalue weighted by Gasteiger charge is -2.29. The number of nitrogens with zero attached hydrogens (tertiary/aromatic N) is 1. The van der Waals surface area contributed by atoms with Crippen molar-refractivity contribution in [3.8, 4) is 0 Å². The molecule has 88 valence electrons. The topological polar surface area (TPSA) is 66.5 Å². The highest BCUT2D eigenvalue weighted by Crippen LogP contribution is 2.11. The second kappa shape index (κ2) is 4.94. The van der Waals surface area contributed by atoms with Crippen molar-refractivity contribution in [2.75, 3.05) is 25.4 Å². The summed E-state index contributed by atoms with van der Waals surface area (Å²) in [6, 6.07) is 0. The Labute approximate surface area is 90.9 Å². The third-order valence-corrected chi connectivity index (χ3v) is 4.26. The molecule has 0 saturated carbocycles. The van der Waals surface area contributed by atoms with Gasteiger partial charge in [-0.05, 0) is 6.42 Å². The van der Waals surface area contributed by atoms with E-state index in [4.69, 9.17) is 0 Å². The smallest absolute Gasteiger partial charge is 0.222 e. The molecule has 0 spiro atoms. The zero-order valence-corrected chi connectivity index (χ0v) is 10.0. The fourth-order valence-corrected chi connectivity index (χ4v) is 2.63. The van der Waals surface area contributed by atoms with Crippen LogP contribution in [0.1, 0.15) is 20.3 Å². The lowest BCUT2D eigenvalue weighted by molar-refractivity contribution is -0.123. The zero-order valence-electron chi connectivity index (χ0n) is 9.19. The molecule has 0 atom stereocenters. The number of carbonyl (C=O) groups is 1. The fraction of sp³-hybridized carbons (Fsp3) is 0.889. The normalized spacial score (nSPS) is 17.5. The molecule has 0 bridgehead atoms. The lowest BCUT2D eigenvalue weighted by atomic mass is 10.2. The molecule has 0 aliphatic carbocycles. The van der Waals surface area contributed by atoms with Crippen LogP contribution in [-0.4, -0.2) is 44.0 Å². The molecule has 0 aromatic carbocycles. The Morgan fingerprint density at radius 1 is 1.40 bits per heavy atom. The van der Waals surface area contributed by atoms with Gasteiger partial charge in [0.25, 0.3) is 0 Å². The van der Waals surface area contributed by atoms with Gasteiger partial charge in [0, 0.05) is 25.6 Å². The molecule has 1 aliphatic rings. The first-order valence-corrected chi connectivity index (χ1v) is 6.80. The summed E-state index contributed by atoms with van der Waals surface area (Å²) in [4.78, 5) is 11.2. The van der Waals surface area contributed by atoms with Gasteiger partial charge in [0.05, 0.1) is 5.75 Å². The van der Waals surface area contributed by atoms with Crippen molar-refractivity contribution in [2.24, 2.45) is 5.92 Å². The maximum Gasteiger partial charge on any atom is 0.222 e. The molecular formula is C9H18N2O3S. The summed E-state index contributed by atoms with van der Waals surface area (Å²) in [7, 11) is -3.13. The summed E-state index contributed by atoms with van der Waals surface area (Å²) in [5.74, 6) is -0.198. The van der Waals surface area contributed by atoms with E-state index in [1.54, 1.807) is 13.8 Å². The molecule has 1 N–H and O–H groups in total. The van der Waals surface area contributed by atoms with Crippen LogP contribution in [0.3, 0.4) is 0 Å². The monoisotopic (exact) mass is 234 g/mol. The van der Waals surface area contributed by atoms with Crippen LogP contribution in [0.5, 0.6) is 0 Å². The van der Waals surface area contributed by atoms with E-state index in [-0.39, 0.29) is 24.1 Å². The predicted molar refractivity (Wildman–Crippen MR) is 57.8 cm³/mol. The van der Waals surface area contributed by atoms with Crippen LogP contribution in [0, 0.1) is 5.92 Å². The Balaban J connectivity index is 2.27. The number of carbonyl (C=O) groups excluding carboxylic acids is 1. The van der Waals surface area contributed by atoms with E-state index in [2.05, 4.69) is 5.32 Å². The van der Waals surface area contributed by atoms with Crippen molar-refractivity contribution in [2.45, 2.75) is 20.3 Å². The van der Waals surface area contributed by atoms with E-state index in [1.165, 1.54) is 4.31 Å². The average Bonchev–Trinajstić information content (AvgIpc) is 1.98. The van der Waals surface area contributed by atoms with E-state index in [0.29, 0.717) is 13.1 Å². The highest BCUT2D eigenvalue weighted by molar-refractivity contribution is 7.89. The van der Waals surface area contributed by atoms with Gasteiger partial charge < -0.3 is 5.32 Å². The number of nitrogens with one attached hydrogen (secondary N) is 1. The molecule has 0 unspecified atom stereocenters. The van der Waals surface area contributed by atoms with Gasteiger partial charge in [-0.15, -0.1) is 0 Å². The first kappa shape index (κ1) is 12.4. The van der Waals surface area contributed by atoms with Gasteiger partial charge in [-0.3, -0.25) is 4.79 Å². The minimum Gasteiger partial charge on any atom is -0.355 e. The zero-order chi connectivity index (χ0) is 11.5. The Bertz CT molecular complexity index is 320. The fourth-order valence-electron chi connectivity index (χ4n) is 1.20. The largest absolute Gasteiger partial charge is 0.355 e. The second-order valence-electron chi connectivity index (χ2n) is 4.01. The number of rotatable bonds is 5. The SMILES string of the molecule is CC(C)C(=O)NCCS(=O)(=O)N1CCC1. The van der Waals surface area contributed by atoms with Crippen LogP contribution in [0.2, 0.25) is 0 Å². The van der Waals surface area contributed by atoms with Crippen LogP contribution in [0.4, 0.5) is 0 Å². The first-order valence-electron chi connectivity index (χ1n) is 5.19. The van der Waals surface area contributed by atoms with Gasteiger partial charge >= 0.3 is 0 Å². The first-order chi connectivity index (χ1) is 6.93. The highest BCUT2D eigenvalue weighted by atomic mass is 32.2. The van der Waals surface area contributed by atoms with Gasteiger partial charge in [0.2, 0.25) is 15.9 Å². The summed E-state index contributed by atoms with van der Waals surface area (Å²) >= 11 is 0. The molecule has 0 aromatic heterocycles. The van der Waals surface area contributed by atoms with Crippen molar-refractivity contribution in [1.82, 2.24) is 9.62 Å². The summed E-state index contributed by atoms with van der Waals surface area (Å²) < 4.78 is 24.5. The number of amides is 1. The third-order valence-electron chi connectivity index (χ3n) is 2.39. The van der Waals surface area contributed by atoms with Crippen molar-refractivity contribution in [3.63, 3.8) is 0 Å². The molecular weight excluding hydrogens is 216 g/mol. The van der Waals surface area contributed by atoms with Crippen molar-refractivity contribution in [3.05, 3.63) is 0 Å². The van der Waals surface area contributed by atoms with Crippen LogP contribution in [0.15, 0.2) is 0 Å². The molecule has 1 heterocycles. The second-order valence-corrected chi connectivity index (χ2v) is 6.10. The summed E-state index contributed by atoms with van der Waals surface area (Å²) in [6.45, 7) is 5.01. The van der Waals surface area contributed by atoms with Gasteiger partial charge in [-0.1, -0.05) is 13.8 Å². The molecule has 6 heteroatoms. The van der Waals surface area contributed by atoms with Crippen molar-refractivity contribution >= 4 is 15.9 Å². The quantitative estimate of drug-likeness (QED) is 0.716. The van der Waals surface area contributed by atoms with E-state index in [0.717, 1.165) is 6.42 Å². The minimum atomic E-state index is -3.13. The molecule has 1 rings (SSSR count). The maximum absolute atomic E-state index is 11.5. The minimum absolute atomic E-state index is 0.00542. The Hall–Kier alpha value is -0.620. The number of hydrogen-bond donors (Lipinski definition) is 1. The van der Waals surface area contributed by atoms with Crippen LogP contribution >= 0.6 is 0 Å². The number of hydrogen-bond acceptors (Lipinski definition) is 3. The highest BCUT2D eigenvalue weighted by Gasteiger charge is 2.27. The van der Waals surface area contributed by atoms with Crippen LogP contribution < -0.4 is 5.32 Å². The average molecular weight is 234 g/mol. The summed E-state index contributed by atoms with van der Waals surface area (Å²) in [6.07, 6.45) is 0.942. The predicted octanol–water partition coefficient (Wildman–Crippen LogP) is -0.206. The van der Waals surface area contributed by atoms with Crippen molar-refractivity contribution < 1.29 is 13.2 Å². The van der Waals surface area contributed by atoms with Crippen molar-refractivity contribution in [1.29, 1.82) is 0 Å². The Morgan fingerprint density at radius 3 is 2.40 bits per heavy atom. The van der Waals surface area contributed by atoms with E-state index in [9.17, 15) is 13.2 Å². The molecule has 0 aromatic rings. The molecule has 15 heavy (non-hydrogen) atoms. The standard InChI is InChI=1S/C9H18N2O3S/c1-8(2)9(12)10-4-7-15(13,14)11-5-3-6-11/h8H,3-7H2,1-2H3,(H,10,12). The molecule has 0 radical (unpaired) electrons. The van der Waals surface area contributed by atoms with Gasteiger partial charge in [-0.25, -0.2) is 12.7 Å². The van der Waals surface area contributed by atoms with Crippen LogP contribution in [0.25, 0.3) is 0 Å². The Kier molecular flexibility index (Phi) is 4.10. The van der Waals surface area contributed by atoms with E-state index >= 15 is 0 Å². The maximum atomic E-state index is 11.5. The lowest BCUT2D eigenvalue weighted by Crippen LogP contribution is -2.45. The molecule has 5 nitrogen and oxygen atoms in total. The number of sulfonamides is 1. The molecule has 1 saturated heterocycles. The Morgan fingerprint density at radius 2 is 2.00 bits per heavy atom. The molecule has 1 aliphatic heterocycles. The van der Waals surface area contributed by atoms with Gasteiger partial charge in [0.15, 0.2) is 0 Å². The summed E-state index contributed by atoms with van der Waals surface area (Å²) in [5.41, 5.74) is 0. The third kappa shape index (κ3) is 3.46. The van der Waals surface area contributed by atoms with Gasteiger partial charge in [-0.2, -0.15) is 0 Å². The van der Waals surface area contributed by atoms with E-state index < -0.39 is 10.0 Å².